The van der Waals surface area contributed by atoms with Crippen LogP contribution in [0.5, 0.6) is 0 Å². The highest BCUT2D eigenvalue weighted by molar-refractivity contribution is 7.16. The van der Waals surface area contributed by atoms with Crippen molar-refractivity contribution in [3.8, 4) is 0 Å². The van der Waals surface area contributed by atoms with Crippen LogP contribution in [0.25, 0.3) is 4.83 Å². The Morgan fingerprint density at radius 1 is 1.38 bits per heavy atom. The Bertz CT molecular complexity index is 664. The minimum atomic E-state index is -0.0371. The highest BCUT2D eigenvalue weighted by atomic mass is 32.1. The molecule has 3 rings (SSSR count). The number of hydrogen-bond acceptors (Lipinski definition) is 5. The Labute approximate surface area is 99.2 Å². The number of aromatic nitrogens is 3. The van der Waals surface area contributed by atoms with Crippen LogP contribution in [-0.2, 0) is 0 Å². The van der Waals surface area contributed by atoms with Gasteiger partial charge in [0.05, 0.1) is 16.1 Å². The molecule has 0 atom stereocenters. The molecule has 3 aromatic heterocycles. The summed E-state index contributed by atoms with van der Waals surface area (Å²) in [5, 5.41) is 1.94. The molecule has 0 fully saturated rings. The van der Waals surface area contributed by atoms with E-state index in [1.807, 2.05) is 22.9 Å². The third-order valence-electron chi connectivity index (χ3n) is 2.32. The summed E-state index contributed by atoms with van der Waals surface area (Å²) in [5.41, 5.74) is 2.97. The quantitative estimate of drug-likeness (QED) is 0.655. The fraction of sp³-hybridized carbons (Fsp3) is 0.100. The van der Waals surface area contributed by atoms with Gasteiger partial charge >= 0.3 is 0 Å². The van der Waals surface area contributed by atoms with Gasteiger partial charge in [0.1, 0.15) is 16.9 Å². The first-order valence-corrected chi connectivity index (χ1v) is 6.38. The maximum absolute atomic E-state index is 12.2. The normalized spacial score (nSPS) is 11.1. The molecule has 0 aliphatic carbocycles. The van der Waals surface area contributed by atoms with Gasteiger partial charge in [-0.3, -0.25) is 9.20 Å². The van der Waals surface area contributed by atoms with E-state index in [0.29, 0.717) is 10.6 Å². The van der Waals surface area contributed by atoms with Crippen LogP contribution in [0.2, 0.25) is 0 Å². The fourth-order valence-corrected chi connectivity index (χ4v) is 3.07. The highest BCUT2D eigenvalue weighted by Gasteiger charge is 2.19. The van der Waals surface area contributed by atoms with Crippen molar-refractivity contribution < 1.29 is 4.79 Å². The van der Waals surface area contributed by atoms with Gasteiger partial charge in [-0.05, 0) is 6.92 Å². The van der Waals surface area contributed by atoms with Crippen molar-refractivity contribution in [1.29, 1.82) is 0 Å². The first-order valence-electron chi connectivity index (χ1n) is 4.62. The van der Waals surface area contributed by atoms with Crippen LogP contribution in [0.3, 0.4) is 0 Å². The molecule has 0 aliphatic heterocycles. The highest BCUT2D eigenvalue weighted by Crippen LogP contribution is 2.22. The maximum atomic E-state index is 12.2. The second-order valence-electron chi connectivity index (χ2n) is 3.30. The zero-order valence-electron chi connectivity index (χ0n) is 8.38. The second-order valence-corrected chi connectivity index (χ2v) is 5.05. The number of carbonyl (C=O) groups excluding carboxylic acids is 1. The summed E-state index contributed by atoms with van der Waals surface area (Å²) in [7, 11) is 0. The lowest BCUT2D eigenvalue weighted by Crippen LogP contribution is -2.01. The third kappa shape index (κ3) is 1.30. The fourth-order valence-electron chi connectivity index (χ4n) is 1.52. The number of aryl methyl sites for hydroxylation is 1. The molecule has 0 spiro atoms. The van der Waals surface area contributed by atoms with Gasteiger partial charge in [0.2, 0.25) is 5.78 Å². The molecule has 80 valence electrons. The van der Waals surface area contributed by atoms with E-state index in [1.165, 1.54) is 22.7 Å². The molecule has 0 aliphatic rings. The van der Waals surface area contributed by atoms with Crippen LogP contribution >= 0.6 is 22.7 Å². The number of imidazole rings is 1. The molecule has 3 aromatic rings. The third-order valence-corrected chi connectivity index (χ3v) is 4.13. The molecule has 0 N–H and O–H groups in total. The topological polar surface area (TPSA) is 47.3 Å². The van der Waals surface area contributed by atoms with Gasteiger partial charge < -0.3 is 0 Å². The summed E-state index contributed by atoms with van der Waals surface area (Å²) >= 11 is 2.88. The van der Waals surface area contributed by atoms with Crippen molar-refractivity contribution in [2.45, 2.75) is 6.92 Å². The van der Waals surface area contributed by atoms with E-state index < -0.39 is 0 Å². The van der Waals surface area contributed by atoms with Crippen LogP contribution in [0.15, 0.2) is 23.4 Å². The van der Waals surface area contributed by atoms with Gasteiger partial charge in [0.15, 0.2) is 0 Å². The Balaban J connectivity index is 2.15. The predicted molar refractivity (Wildman–Crippen MR) is 63.4 cm³/mol. The molecule has 4 nitrogen and oxygen atoms in total. The van der Waals surface area contributed by atoms with Crippen molar-refractivity contribution in [3.63, 3.8) is 0 Å². The number of rotatable bonds is 2. The molecule has 0 saturated heterocycles. The number of thiazole rings is 2. The van der Waals surface area contributed by atoms with E-state index in [2.05, 4.69) is 9.97 Å². The van der Waals surface area contributed by atoms with E-state index in [1.54, 1.807) is 11.8 Å². The van der Waals surface area contributed by atoms with Gasteiger partial charge in [-0.1, -0.05) is 0 Å². The molecule has 0 radical (unpaired) electrons. The minimum absolute atomic E-state index is 0.0371. The number of nitrogens with zero attached hydrogens (tertiary/aromatic N) is 3. The maximum Gasteiger partial charge on any atom is 0.226 e. The average molecular weight is 249 g/mol. The first kappa shape index (κ1) is 9.68. The zero-order chi connectivity index (χ0) is 11.1. The summed E-state index contributed by atoms with van der Waals surface area (Å²) in [6.07, 6.45) is 3.55. The monoisotopic (exact) mass is 249 g/mol. The van der Waals surface area contributed by atoms with Crippen LogP contribution in [-0.4, -0.2) is 20.2 Å². The molecular weight excluding hydrogens is 242 g/mol. The Morgan fingerprint density at radius 3 is 3.00 bits per heavy atom. The van der Waals surface area contributed by atoms with E-state index in [-0.39, 0.29) is 5.78 Å². The van der Waals surface area contributed by atoms with Crippen LogP contribution in [0.4, 0.5) is 0 Å². The van der Waals surface area contributed by atoms with E-state index in [0.717, 1.165) is 10.5 Å². The van der Waals surface area contributed by atoms with Gasteiger partial charge in [-0.2, -0.15) is 0 Å². The molecule has 0 saturated carbocycles. The minimum Gasteiger partial charge on any atom is -0.296 e. The Morgan fingerprint density at radius 2 is 2.25 bits per heavy atom. The van der Waals surface area contributed by atoms with Gasteiger partial charge in [-0.15, -0.1) is 22.7 Å². The van der Waals surface area contributed by atoms with Crippen LogP contribution < -0.4 is 0 Å². The smallest absolute Gasteiger partial charge is 0.226 e. The second kappa shape index (κ2) is 3.50. The van der Waals surface area contributed by atoms with Crippen molar-refractivity contribution in [3.05, 3.63) is 39.7 Å². The summed E-state index contributed by atoms with van der Waals surface area (Å²) < 4.78 is 1.86. The molecular formula is C10H7N3OS2. The molecule has 0 amide bonds. The number of ketones is 1. The van der Waals surface area contributed by atoms with Crippen molar-refractivity contribution >= 4 is 33.3 Å². The first-order chi connectivity index (χ1) is 7.77. The SMILES string of the molecule is Cc1ncsc1C(=O)c1ncn2ccsc12. The number of hydrogen-bond donors (Lipinski definition) is 0. The number of fused-ring (bicyclic) bond motifs is 1. The Kier molecular flexibility index (Phi) is 2.12. The lowest BCUT2D eigenvalue weighted by atomic mass is 10.2. The van der Waals surface area contributed by atoms with Gasteiger partial charge in [0, 0.05) is 11.6 Å². The van der Waals surface area contributed by atoms with E-state index in [4.69, 9.17) is 0 Å². The average Bonchev–Trinajstić information content (AvgIpc) is 2.90. The van der Waals surface area contributed by atoms with E-state index in [9.17, 15) is 4.79 Å². The molecule has 3 heterocycles. The van der Waals surface area contributed by atoms with Crippen LogP contribution in [0, 0.1) is 6.92 Å². The molecule has 6 heteroatoms. The van der Waals surface area contributed by atoms with Crippen molar-refractivity contribution in [2.24, 2.45) is 0 Å². The van der Waals surface area contributed by atoms with Crippen molar-refractivity contribution in [1.82, 2.24) is 14.4 Å². The predicted octanol–water partition coefficient (Wildman–Crippen LogP) is 2.39. The summed E-state index contributed by atoms with van der Waals surface area (Å²) in [4.78, 5) is 22.0. The van der Waals surface area contributed by atoms with E-state index >= 15 is 0 Å². The summed E-state index contributed by atoms with van der Waals surface area (Å²) in [5.74, 6) is -0.0371. The molecule has 0 unspecified atom stereocenters. The summed E-state index contributed by atoms with van der Waals surface area (Å²) in [6.45, 7) is 1.84. The molecule has 0 aromatic carbocycles. The van der Waals surface area contributed by atoms with Gasteiger partial charge in [-0.25, -0.2) is 9.97 Å². The largest absolute Gasteiger partial charge is 0.296 e. The number of carbonyl (C=O) groups is 1. The molecule has 16 heavy (non-hydrogen) atoms. The van der Waals surface area contributed by atoms with Crippen molar-refractivity contribution in [2.75, 3.05) is 0 Å². The molecule has 0 bridgehead atoms. The van der Waals surface area contributed by atoms with Gasteiger partial charge in [0.25, 0.3) is 0 Å². The lowest BCUT2D eigenvalue weighted by Gasteiger charge is -1.93. The standard InChI is InChI=1S/C10H7N3OS2/c1-6-9(16-5-12-6)8(14)7-10-13(4-11-7)2-3-15-10/h2-5H,1H3. The lowest BCUT2D eigenvalue weighted by molar-refractivity contribution is 0.103. The Hall–Kier alpha value is -1.53. The zero-order valence-corrected chi connectivity index (χ0v) is 10.0. The summed E-state index contributed by atoms with van der Waals surface area (Å²) in [6, 6.07) is 0. The van der Waals surface area contributed by atoms with Crippen LogP contribution in [0.1, 0.15) is 21.1 Å².